The Kier molecular flexibility index (Phi) is 5.70. The van der Waals surface area contributed by atoms with Crippen LogP contribution in [-0.2, 0) is 11.0 Å². The molecule has 24 heavy (non-hydrogen) atoms. The molecular formula is C15H7BrClF3N2OS. The molecule has 1 heterocycles. The molecule has 1 aromatic carbocycles. The summed E-state index contributed by atoms with van der Waals surface area (Å²) in [7, 11) is 0. The van der Waals surface area contributed by atoms with E-state index in [9.17, 15) is 18.0 Å². The molecule has 0 spiro atoms. The number of nitriles is 1. The van der Waals surface area contributed by atoms with Gasteiger partial charge in [-0.1, -0.05) is 11.6 Å². The van der Waals surface area contributed by atoms with E-state index in [4.69, 9.17) is 16.9 Å². The van der Waals surface area contributed by atoms with Gasteiger partial charge in [-0.25, -0.2) is 0 Å². The molecule has 3 nitrogen and oxygen atoms in total. The number of anilines is 1. The van der Waals surface area contributed by atoms with Crippen LogP contribution < -0.4 is 5.32 Å². The van der Waals surface area contributed by atoms with E-state index < -0.39 is 17.6 Å². The Morgan fingerprint density at radius 2 is 2.08 bits per heavy atom. The van der Waals surface area contributed by atoms with Crippen LogP contribution in [0, 0.1) is 11.3 Å². The molecule has 0 atom stereocenters. The Bertz CT molecular complexity index is 855. The average molecular weight is 436 g/mol. The molecule has 0 bridgehead atoms. The molecule has 0 saturated heterocycles. The van der Waals surface area contributed by atoms with Crippen LogP contribution in [0.3, 0.4) is 0 Å². The normalized spacial score (nSPS) is 11.9. The third kappa shape index (κ3) is 4.60. The minimum absolute atomic E-state index is 0.0625. The predicted molar refractivity (Wildman–Crippen MR) is 90.7 cm³/mol. The molecule has 1 aromatic heterocycles. The number of carbonyl (C=O) groups is 1. The number of thiophene rings is 1. The highest BCUT2D eigenvalue weighted by Gasteiger charge is 2.31. The summed E-state index contributed by atoms with van der Waals surface area (Å²) in [6, 6.07) is 5.98. The molecule has 0 unspecified atom stereocenters. The molecule has 2 aromatic rings. The van der Waals surface area contributed by atoms with E-state index in [1.54, 1.807) is 17.5 Å². The maximum absolute atomic E-state index is 12.7. The number of hydrogen-bond acceptors (Lipinski definition) is 3. The lowest BCUT2D eigenvalue weighted by molar-refractivity contribution is -0.137. The van der Waals surface area contributed by atoms with Crippen molar-refractivity contribution >= 4 is 56.5 Å². The van der Waals surface area contributed by atoms with E-state index in [0.29, 0.717) is 4.88 Å². The monoisotopic (exact) mass is 434 g/mol. The number of hydrogen-bond donors (Lipinski definition) is 1. The van der Waals surface area contributed by atoms with Gasteiger partial charge in [-0.05, 0) is 46.3 Å². The van der Waals surface area contributed by atoms with Gasteiger partial charge in [0.05, 0.1) is 16.3 Å². The van der Waals surface area contributed by atoms with Gasteiger partial charge in [-0.2, -0.15) is 18.4 Å². The summed E-state index contributed by atoms with van der Waals surface area (Å²) in [4.78, 5) is 12.8. The number of nitrogens with one attached hydrogen (secondary N) is 1. The molecule has 124 valence electrons. The summed E-state index contributed by atoms with van der Waals surface area (Å²) >= 11 is 10.4. The fourth-order valence-corrected chi connectivity index (χ4v) is 3.22. The summed E-state index contributed by atoms with van der Waals surface area (Å²) in [5.74, 6) is -0.844. The van der Waals surface area contributed by atoms with Crippen molar-refractivity contribution in [3.05, 3.63) is 55.2 Å². The van der Waals surface area contributed by atoms with Gasteiger partial charge in [0.15, 0.2) is 0 Å². The van der Waals surface area contributed by atoms with Crippen molar-refractivity contribution in [1.29, 1.82) is 5.26 Å². The molecule has 1 amide bonds. The summed E-state index contributed by atoms with van der Waals surface area (Å²) in [6.45, 7) is 0. The van der Waals surface area contributed by atoms with Crippen LogP contribution in [0.4, 0.5) is 18.9 Å². The molecule has 0 radical (unpaired) electrons. The van der Waals surface area contributed by atoms with Gasteiger partial charge in [-0.15, -0.1) is 11.3 Å². The maximum atomic E-state index is 12.7. The number of rotatable bonds is 3. The van der Waals surface area contributed by atoms with Gasteiger partial charge in [0.25, 0.3) is 5.91 Å². The van der Waals surface area contributed by atoms with Crippen molar-refractivity contribution in [3.63, 3.8) is 0 Å². The Hall–Kier alpha value is -1.82. The topological polar surface area (TPSA) is 52.9 Å². The summed E-state index contributed by atoms with van der Waals surface area (Å²) in [5, 5.41) is 13.0. The lowest BCUT2D eigenvalue weighted by atomic mass is 10.1. The number of halogens is 5. The van der Waals surface area contributed by atoms with Gasteiger partial charge in [0.2, 0.25) is 0 Å². The molecule has 9 heteroatoms. The lowest BCUT2D eigenvalue weighted by Crippen LogP contribution is -2.15. The van der Waals surface area contributed by atoms with E-state index in [0.717, 1.165) is 22.7 Å². The molecule has 0 fully saturated rings. The fraction of sp³-hybridized carbons (Fsp3) is 0.0667. The van der Waals surface area contributed by atoms with E-state index in [1.807, 2.05) is 0 Å². The molecule has 0 aliphatic rings. The van der Waals surface area contributed by atoms with E-state index in [1.165, 1.54) is 17.4 Å². The number of nitrogens with zero attached hydrogens (tertiary/aromatic N) is 1. The SMILES string of the molecule is N#C/C(=C\c1cc(Br)cs1)C(=O)Nc1cc(C(F)(F)F)ccc1Cl. The van der Waals surface area contributed by atoms with E-state index in [-0.39, 0.29) is 16.3 Å². The van der Waals surface area contributed by atoms with Gasteiger partial charge in [0, 0.05) is 14.7 Å². The Labute approximate surface area is 152 Å². The highest BCUT2D eigenvalue weighted by atomic mass is 79.9. The van der Waals surface area contributed by atoms with Gasteiger partial charge in [0.1, 0.15) is 11.6 Å². The standard InChI is InChI=1S/C15H7BrClF3N2OS/c16-10-5-11(24-7-10)3-8(6-21)14(23)22-13-4-9(15(18,19)20)1-2-12(13)17/h1-5,7H,(H,22,23)/b8-3+. The first-order valence-corrected chi connectivity index (χ1v) is 8.29. The first-order chi connectivity index (χ1) is 11.2. The molecule has 2 rings (SSSR count). The van der Waals surface area contributed by atoms with Gasteiger partial charge < -0.3 is 5.32 Å². The molecule has 0 aliphatic heterocycles. The van der Waals surface area contributed by atoms with Crippen molar-refractivity contribution in [3.8, 4) is 6.07 Å². The van der Waals surface area contributed by atoms with Crippen molar-refractivity contribution in [1.82, 2.24) is 0 Å². The molecule has 0 saturated carbocycles. The average Bonchev–Trinajstić information content (AvgIpc) is 2.91. The smallest absolute Gasteiger partial charge is 0.320 e. The third-order valence-corrected chi connectivity index (χ3v) is 4.75. The number of carbonyl (C=O) groups excluding carboxylic acids is 1. The maximum Gasteiger partial charge on any atom is 0.416 e. The Balaban J connectivity index is 2.28. The van der Waals surface area contributed by atoms with Crippen LogP contribution in [0.1, 0.15) is 10.4 Å². The van der Waals surface area contributed by atoms with Crippen LogP contribution in [-0.4, -0.2) is 5.91 Å². The van der Waals surface area contributed by atoms with Crippen LogP contribution in [0.5, 0.6) is 0 Å². The van der Waals surface area contributed by atoms with Crippen LogP contribution in [0.15, 0.2) is 39.7 Å². The van der Waals surface area contributed by atoms with Crippen LogP contribution >= 0.6 is 38.9 Å². The van der Waals surface area contributed by atoms with Crippen LogP contribution in [0.2, 0.25) is 5.02 Å². The quantitative estimate of drug-likeness (QED) is 0.494. The summed E-state index contributed by atoms with van der Waals surface area (Å²) < 4.78 is 39.0. The van der Waals surface area contributed by atoms with Crippen molar-refractivity contribution in [2.45, 2.75) is 6.18 Å². The highest BCUT2D eigenvalue weighted by molar-refractivity contribution is 9.10. The van der Waals surface area contributed by atoms with E-state index in [2.05, 4.69) is 21.2 Å². The number of amides is 1. The first-order valence-electron chi connectivity index (χ1n) is 6.24. The molecular weight excluding hydrogens is 429 g/mol. The van der Waals surface area contributed by atoms with Crippen molar-refractivity contribution < 1.29 is 18.0 Å². The second kappa shape index (κ2) is 7.38. The summed E-state index contributed by atoms with van der Waals surface area (Å²) in [5.41, 5.74) is -1.42. The second-order valence-electron chi connectivity index (χ2n) is 4.48. The minimum Gasteiger partial charge on any atom is -0.320 e. The minimum atomic E-state index is -4.57. The first kappa shape index (κ1) is 18.5. The zero-order valence-corrected chi connectivity index (χ0v) is 14.8. The largest absolute Gasteiger partial charge is 0.416 e. The molecule has 0 aliphatic carbocycles. The van der Waals surface area contributed by atoms with Gasteiger partial charge >= 0.3 is 6.18 Å². The van der Waals surface area contributed by atoms with Gasteiger partial charge in [-0.3, -0.25) is 4.79 Å². The number of benzene rings is 1. The Morgan fingerprint density at radius 3 is 2.62 bits per heavy atom. The van der Waals surface area contributed by atoms with Crippen molar-refractivity contribution in [2.24, 2.45) is 0 Å². The van der Waals surface area contributed by atoms with E-state index >= 15 is 0 Å². The predicted octanol–water partition coefficient (Wildman–Crippen LogP) is 5.73. The highest BCUT2D eigenvalue weighted by Crippen LogP contribution is 2.34. The Morgan fingerprint density at radius 1 is 1.38 bits per heavy atom. The molecule has 1 N–H and O–H groups in total. The zero-order valence-electron chi connectivity index (χ0n) is 11.6. The third-order valence-electron chi connectivity index (χ3n) is 2.78. The summed E-state index contributed by atoms with van der Waals surface area (Å²) in [6.07, 6.45) is -3.23. The van der Waals surface area contributed by atoms with Crippen LogP contribution in [0.25, 0.3) is 6.08 Å². The zero-order chi connectivity index (χ0) is 17.9. The lowest BCUT2D eigenvalue weighted by Gasteiger charge is -2.11. The van der Waals surface area contributed by atoms with Crippen molar-refractivity contribution in [2.75, 3.05) is 5.32 Å². The number of alkyl halides is 3. The second-order valence-corrected chi connectivity index (χ2v) is 6.75. The fourth-order valence-electron chi connectivity index (χ4n) is 1.68.